The third-order valence-electron chi connectivity index (χ3n) is 4.86. The van der Waals surface area contributed by atoms with Crippen LogP contribution >= 0.6 is 11.8 Å². The SMILES string of the molecule is CN1C(=C(C(=O)c2ccco2)C(=O)c2ccco2)Sc2cc3ccccc3cc21. The molecule has 5 nitrogen and oxygen atoms in total. The average Bonchev–Trinajstić information content (AvgIpc) is 3.50. The Kier molecular flexibility index (Phi) is 4.14. The Labute approximate surface area is 170 Å². The first kappa shape index (κ1) is 17.6. The highest BCUT2D eigenvalue weighted by Crippen LogP contribution is 2.48. The zero-order valence-corrected chi connectivity index (χ0v) is 16.2. The van der Waals surface area contributed by atoms with Crippen molar-refractivity contribution < 1.29 is 18.4 Å². The molecular formula is C23H15NO4S. The number of benzene rings is 2. The van der Waals surface area contributed by atoms with E-state index in [1.54, 1.807) is 24.3 Å². The Balaban J connectivity index is 1.68. The molecule has 3 heterocycles. The van der Waals surface area contributed by atoms with Gasteiger partial charge < -0.3 is 13.7 Å². The highest BCUT2D eigenvalue weighted by atomic mass is 32.2. The Bertz CT molecular complexity index is 1220. The second-order valence-electron chi connectivity index (χ2n) is 6.62. The number of anilines is 1. The van der Waals surface area contributed by atoms with Gasteiger partial charge in [0.25, 0.3) is 0 Å². The van der Waals surface area contributed by atoms with Gasteiger partial charge in [-0.05, 0) is 47.2 Å². The minimum atomic E-state index is -0.469. The predicted octanol–water partition coefficient (Wildman–Crippen LogP) is 5.55. The highest BCUT2D eigenvalue weighted by molar-refractivity contribution is 8.03. The largest absolute Gasteiger partial charge is 0.461 e. The number of allylic oxidation sites excluding steroid dienone is 1. The van der Waals surface area contributed by atoms with Gasteiger partial charge in [-0.1, -0.05) is 36.0 Å². The number of rotatable bonds is 4. The molecule has 0 amide bonds. The van der Waals surface area contributed by atoms with E-state index in [1.165, 1.54) is 24.3 Å². The lowest BCUT2D eigenvalue weighted by Gasteiger charge is -2.16. The van der Waals surface area contributed by atoms with Crippen LogP contribution in [0.25, 0.3) is 10.8 Å². The number of ketones is 2. The van der Waals surface area contributed by atoms with Crippen molar-refractivity contribution in [1.82, 2.24) is 0 Å². The molecule has 0 radical (unpaired) electrons. The van der Waals surface area contributed by atoms with E-state index < -0.39 is 11.6 Å². The fourth-order valence-electron chi connectivity index (χ4n) is 3.41. The summed E-state index contributed by atoms with van der Waals surface area (Å²) in [7, 11) is 1.85. The van der Waals surface area contributed by atoms with E-state index in [2.05, 4.69) is 12.1 Å². The molecule has 0 bridgehead atoms. The number of hydrogen-bond acceptors (Lipinski definition) is 6. The lowest BCUT2D eigenvalue weighted by molar-refractivity contribution is 0.0933. The van der Waals surface area contributed by atoms with Gasteiger partial charge in [0.05, 0.1) is 23.2 Å². The van der Waals surface area contributed by atoms with E-state index in [0.29, 0.717) is 5.03 Å². The summed E-state index contributed by atoms with van der Waals surface area (Å²) in [5.41, 5.74) is 0.975. The van der Waals surface area contributed by atoms with Crippen LogP contribution < -0.4 is 4.90 Å². The Morgan fingerprint density at radius 2 is 1.41 bits per heavy atom. The van der Waals surface area contributed by atoms with Gasteiger partial charge in [0, 0.05) is 11.9 Å². The van der Waals surface area contributed by atoms with Crippen LogP contribution in [-0.2, 0) is 0 Å². The third-order valence-corrected chi connectivity index (χ3v) is 6.08. The normalized spacial score (nSPS) is 13.0. The van der Waals surface area contributed by atoms with Gasteiger partial charge in [-0.3, -0.25) is 9.59 Å². The molecule has 0 spiro atoms. The first-order chi connectivity index (χ1) is 14.1. The molecule has 142 valence electrons. The van der Waals surface area contributed by atoms with Gasteiger partial charge in [0.15, 0.2) is 11.5 Å². The van der Waals surface area contributed by atoms with Gasteiger partial charge >= 0.3 is 0 Å². The smallest absolute Gasteiger partial charge is 0.234 e. The third kappa shape index (κ3) is 2.89. The summed E-state index contributed by atoms with van der Waals surface area (Å²) in [6.45, 7) is 0. The van der Waals surface area contributed by atoms with Crippen LogP contribution in [0.5, 0.6) is 0 Å². The van der Waals surface area contributed by atoms with Crippen LogP contribution in [0.4, 0.5) is 5.69 Å². The minimum absolute atomic E-state index is 0.0302. The maximum absolute atomic E-state index is 13.2. The standard InChI is InChI=1S/C23H15NO4S/c1-24-16-12-14-6-2-3-7-15(14)13-19(16)29-23(24)20(21(25)17-8-4-10-27-17)22(26)18-9-5-11-28-18/h2-13H,1H3. The average molecular weight is 401 g/mol. The number of carbonyl (C=O) groups excluding carboxylic acids is 2. The number of fused-ring (bicyclic) bond motifs is 2. The first-order valence-electron chi connectivity index (χ1n) is 8.98. The van der Waals surface area contributed by atoms with Crippen molar-refractivity contribution in [2.24, 2.45) is 0 Å². The summed E-state index contributed by atoms with van der Waals surface area (Å²) in [5.74, 6) is -0.712. The number of nitrogens with zero attached hydrogens (tertiary/aromatic N) is 1. The lowest BCUT2D eigenvalue weighted by Crippen LogP contribution is -2.21. The van der Waals surface area contributed by atoms with E-state index in [9.17, 15) is 9.59 Å². The molecule has 0 saturated carbocycles. The zero-order chi connectivity index (χ0) is 20.0. The zero-order valence-electron chi connectivity index (χ0n) is 15.4. The second kappa shape index (κ2) is 6.83. The van der Waals surface area contributed by atoms with Crippen LogP contribution in [0.3, 0.4) is 0 Å². The number of Topliss-reactive ketones (excluding diaryl/α,β-unsaturated/α-hetero) is 2. The molecule has 0 aliphatic carbocycles. The Hall–Kier alpha value is -3.51. The summed E-state index contributed by atoms with van der Waals surface area (Å²) in [6, 6.07) is 18.6. The summed E-state index contributed by atoms with van der Waals surface area (Å²) >= 11 is 1.40. The van der Waals surface area contributed by atoms with Crippen LogP contribution in [0.2, 0.25) is 0 Å². The molecule has 0 saturated heterocycles. The maximum atomic E-state index is 13.2. The molecule has 1 aliphatic heterocycles. The Morgan fingerprint density at radius 3 is 1.97 bits per heavy atom. The monoisotopic (exact) mass is 401 g/mol. The van der Waals surface area contributed by atoms with Gasteiger partial charge in [-0.2, -0.15) is 0 Å². The van der Waals surface area contributed by atoms with Crippen LogP contribution in [-0.4, -0.2) is 18.6 Å². The molecule has 29 heavy (non-hydrogen) atoms. The molecule has 6 heteroatoms. The topological polar surface area (TPSA) is 63.7 Å². The van der Waals surface area contributed by atoms with Crippen molar-refractivity contribution >= 4 is 39.8 Å². The van der Waals surface area contributed by atoms with Crippen LogP contribution in [0, 0.1) is 0 Å². The number of thioether (sulfide) groups is 1. The van der Waals surface area contributed by atoms with Gasteiger partial charge in [0.1, 0.15) is 5.57 Å². The van der Waals surface area contributed by atoms with E-state index in [4.69, 9.17) is 8.83 Å². The Morgan fingerprint density at radius 1 is 0.828 bits per heavy atom. The molecule has 4 aromatic rings. The molecule has 0 unspecified atom stereocenters. The molecule has 0 fully saturated rings. The maximum Gasteiger partial charge on any atom is 0.234 e. The van der Waals surface area contributed by atoms with Crippen molar-refractivity contribution in [1.29, 1.82) is 0 Å². The van der Waals surface area contributed by atoms with Gasteiger partial charge in [0.2, 0.25) is 11.6 Å². The fourth-order valence-corrected chi connectivity index (χ4v) is 4.63. The van der Waals surface area contributed by atoms with Gasteiger partial charge in [-0.25, -0.2) is 0 Å². The lowest BCUT2D eigenvalue weighted by atomic mass is 10.0. The van der Waals surface area contributed by atoms with Crippen molar-refractivity contribution in [3.05, 3.63) is 95.3 Å². The minimum Gasteiger partial charge on any atom is -0.461 e. The highest BCUT2D eigenvalue weighted by Gasteiger charge is 2.34. The number of carbonyl (C=O) groups is 2. The number of hydrogen-bond donors (Lipinski definition) is 0. The fraction of sp³-hybridized carbons (Fsp3) is 0.0435. The van der Waals surface area contributed by atoms with Crippen molar-refractivity contribution in [2.75, 3.05) is 11.9 Å². The molecule has 5 rings (SSSR count). The number of furan rings is 2. The predicted molar refractivity (Wildman–Crippen MR) is 111 cm³/mol. The quantitative estimate of drug-likeness (QED) is 0.193. The summed E-state index contributed by atoms with van der Waals surface area (Å²) in [5, 5.41) is 2.75. The van der Waals surface area contributed by atoms with Crippen molar-refractivity contribution in [3.63, 3.8) is 0 Å². The van der Waals surface area contributed by atoms with E-state index >= 15 is 0 Å². The second-order valence-corrected chi connectivity index (χ2v) is 7.65. The molecule has 0 N–H and O–H groups in total. The van der Waals surface area contributed by atoms with Crippen LogP contribution in [0.15, 0.2) is 97.5 Å². The molecule has 2 aromatic carbocycles. The first-order valence-corrected chi connectivity index (χ1v) is 9.80. The van der Waals surface area contributed by atoms with E-state index in [0.717, 1.165) is 21.4 Å². The van der Waals surface area contributed by atoms with E-state index in [-0.39, 0.29) is 17.1 Å². The summed E-state index contributed by atoms with van der Waals surface area (Å²) in [6.07, 6.45) is 2.83. The van der Waals surface area contributed by atoms with Crippen molar-refractivity contribution in [3.8, 4) is 0 Å². The van der Waals surface area contributed by atoms with Crippen LogP contribution in [0.1, 0.15) is 21.1 Å². The molecule has 0 atom stereocenters. The molecule has 2 aromatic heterocycles. The molecule has 1 aliphatic rings. The summed E-state index contributed by atoms with van der Waals surface area (Å²) in [4.78, 5) is 29.3. The van der Waals surface area contributed by atoms with Crippen molar-refractivity contribution in [2.45, 2.75) is 4.90 Å². The summed E-state index contributed by atoms with van der Waals surface area (Å²) < 4.78 is 10.6. The van der Waals surface area contributed by atoms with Gasteiger partial charge in [-0.15, -0.1) is 0 Å². The van der Waals surface area contributed by atoms with E-state index in [1.807, 2.05) is 36.2 Å². The molecular weight excluding hydrogens is 386 g/mol.